The maximum Gasteiger partial charge on any atom is 0.0793 e. The number of aliphatic hydroxyl groups is 1. The summed E-state index contributed by atoms with van der Waals surface area (Å²) in [6, 6.07) is 8.00. The molecule has 23 heavy (non-hydrogen) atoms. The molecule has 5 nitrogen and oxygen atoms in total. The van der Waals surface area contributed by atoms with Crippen LogP contribution in [0.1, 0.15) is 0 Å². The van der Waals surface area contributed by atoms with E-state index in [4.69, 9.17) is 16.3 Å². The molecule has 0 radical (unpaired) electrons. The van der Waals surface area contributed by atoms with Crippen molar-refractivity contribution in [2.24, 2.45) is 0 Å². The van der Waals surface area contributed by atoms with Gasteiger partial charge in [0, 0.05) is 52.4 Å². The Morgan fingerprint density at radius 2 is 1.57 bits per heavy atom. The van der Waals surface area contributed by atoms with Crippen LogP contribution in [0.5, 0.6) is 0 Å². The molecule has 1 aromatic carbocycles. The van der Waals surface area contributed by atoms with E-state index >= 15 is 0 Å². The topological polar surface area (TPSA) is 39.2 Å². The molecule has 1 aromatic rings. The van der Waals surface area contributed by atoms with E-state index in [1.807, 2.05) is 18.2 Å². The summed E-state index contributed by atoms with van der Waals surface area (Å²) < 4.78 is 5.34. The molecule has 2 aliphatic rings. The zero-order chi connectivity index (χ0) is 16.1. The summed E-state index contributed by atoms with van der Waals surface area (Å²) in [4.78, 5) is 6.96. The highest BCUT2D eigenvalue weighted by Gasteiger charge is 2.22. The van der Waals surface area contributed by atoms with Crippen molar-refractivity contribution in [1.29, 1.82) is 0 Å². The van der Waals surface area contributed by atoms with Gasteiger partial charge in [-0.15, -0.1) is 0 Å². The second kappa shape index (κ2) is 8.31. The molecule has 3 rings (SSSR count). The lowest BCUT2D eigenvalue weighted by molar-refractivity contribution is 0.00656. The summed E-state index contributed by atoms with van der Waals surface area (Å²) in [7, 11) is 0. The van der Waals surface area contributed by atoms with Crippen LogP contribution in [0.2, 0.25) is 5.02 Å². The fourth-order valence-corrected chi connectivity index (χ4v) is 3.57. The number of ether oxygens (including phenoxy) is 1. The lowest BCUT2D eigenvalue weighted by Crippen LogP contribution is -2.50. The number of rotatable bonds is 5. The predicted molar refractivity (Wildman–Crippen MR) is 93.4 cm³/mol. The Bertz CT molecular complexity index is 488. The van der Waals surface area contributed by atoms with Crippen LogP contribution >= 0.6 is 11.6 Å². The molecule has 2 aliphatic heterocycles. The fourth-order valence-electron chi connectivity index (χ4n) is 3.32. The number of aliphatic hydroxyl groups excluding tert-OH is 1. The molecule has 1 unspecified atom stereocenters. The Labute approximate surface area is 143 Å². The number of hydrogen-bond donors (Lipinski definition) is 1. The molecule has 6 heteroatoms. The number of morpholine rings is 1. The standard InChI is InChI=1S/C17H26ClN3O2/c18-16-3-1-2-4-17(16)21-7-5-19(6-8-21)13-15(22)14-20-9-11-23-12-10-20/h1-4,15,22H,5-14H2. The minimum atomic E-state index is -0.292. The normalized spacial score (nSPS) is 22.3. The van der Waals surface area contributed by atoms with E-state index in [0.29, 0.717) is 0 Å². The predicted octanol–water partition coefficient (Wildman–Crippen LogP) is 1.16. The Kier molecular flexibility index (Phi) is 6.14. The molecule has 0 aromatic heterocycles. The van der Waals surface area contributed by atoms with Gasteiger partial charge >= 0.3 is 0 Å². The van der Waals surface area contributed by atoms with Gasteiger partial charge < -0.3 is 14.7 Å². The van der Waals surface area contributed by atoms with Gasteiger partial charge in [-0.2, -0.15) is 0 Å². The van der Waals surface area contributed by atoms with Crippen molar-refractivity contribution in [3.05, 3.63) is 29.3 Å². The number of para-hydroxylation sites is 1. The van der Waals surface area contributed by atoms with Gasteiger partial charge in [-0.05, 0) is 12.1 Å². The number of hydrogen-bond acceptors (Lipinski definition) is 5. The van der Waals surface area contributed by atoms with E-state index in [-0.39, 0.29) is 6.10 Å². The smallest absolute Gasteiger partial charge is 0.0793 e. The fraction of sp³-hybridized carbons (Fsp3) is 0.647. The quantitative estimate of drug-likeness (QED) is 0.871. The Morgan fingerprint density at radius 1 is 0.957 bits per heavy atom. The van der Waals surface area contributed by atoms with Gasteiger partial charge in [-0.1, -0.05) is 23.7 Å². The van der Waals surface area contributed by atoms with Crippen molar-refractivity contribution in [1.82, 2.24) is 9.80 Å². The van der Waals surface area contributed by atoms with E-state index in [1.54, 1.807) is 0 Å². The lowest BCUT2D eigenvalue weighted by Gasteiger charge is -2.38. The zero-order valence-electron chi connectivity index (χ0n) is 13.5. The minimum absolute atomic E-state index is 0.292. The van der Waals surface area contributed by atoms with Crippen LogP contribution in [-0.4, -0.2) is 86.6 Å². The number of anilines is 1. The number of benzene rings is 1. The van der Waals surface area contributed by atoms with E-state index in [1.165, 1.54) is 0 Å². The van der Waals surface area contributed by atoms with Gasteiger partial charge in [0.1, 0.15) is 0 Å². The average Bonchev–Trinajstić information content (AvgIpc) is 2.57. The molecular formula is C17H26ClN3O2. The highest BCUT2D eigenvalue weighted by atomic mass is 35.5. The summed E-state index contributed by atoms with van der Waals surface area (Å²) in [5, 5.41) is 11.1. The SMILES string of the molecule is OC(CN1CCOCC1)CN1CCN(c2ccccc2Cl)CC1. The molecule has 0 saturated carbocycles. The molecule has 1 N–H and O–H groups in total. The van der Waals surface area contributed by atoms with Crippen molar-refractivity contribution < 1.29 is 9.84 Å². The summed E-state index contributed by atoms with van der Waals surface area (Å²) >= 11 is 6.28. The van der Waals surface area contributed by atoms with Crippen molar-refractivity contribution in [2.45, 2.75) is 6.10 Å². The molecule has 0 amide bonds. The molecule has 0 bridgehead atoms. The van der Waals surface area contributed by atoms with Gasteiger partial charge in [0.05, 0.1) is 30.0 Å². The summed E-state index contributed by atoms with van der Waals surface area (Å²) in [5.74, 6) is 0. The van der Waals surface area contributed by atoms with E-state index in [2.05, 4.69) is 20.8 Å². The summed E-state index contributed by atoms with van der Waals surface area (Å²) in [6.07, 6.45) is -0.292. The maximum atomic E-state index is 10.3. The Hall–Kier alpha value is -0.850. The van der Waals surface area contributed by atoms with Gasteiger partial charge in [-0.3, -0.25) is 9.80 Å². The van der Waals surface area contributed by atoms with Crippen molar-refractivity contribution in [2.75, 3.05) is 70.5 Å². The second-order valence-corrected chi connectivity index (χ2v) is 6.71. The van der Waals surface area contributed by atoms with Gasteiger partial charge in [0.15, 0.2) is 0 Å². The van der Waals surface area contributed by atoms with Crippen LogP contribution < -0.4 is 4.90 Å². The average molecular weight is 340 g/mol. The highest BCUT2D eigenvalue weighted by Crippen LogP contribution is 2.26. The molecule has 2 fully saturated rings. The van der Waals surface area contributed by atoms with E-state index < -0.39 is 0 Å². The van der Waals surface area contributed by atoms with Crippen LogP contribution in [0.15, 0.2) is 24.3 Å². The van der Waals surface area contributed by atoms with Crippen molar-refractivity contribution in [3.63, 3.8) is 0 Å². The molecular weight excluding hydrogens is 314 g/mol. The van der Waals surface area contributed by atoms with Crippen molar-refractivity contribution in [3.8, 4) is 0 Å². The zero-order valence-corrected chi connectivity index (χ0v) is 14.3. The largest absolute Gasteiger partial charge is 0.390 e. The third-order valence-corrected chi connectivity index (χ3v) is 4.93. The Balaban J connectivity index is 1.43. The first kappa shape index (κ1) is 17.0. The van der Waals surface area contributed by atoms with Crippen LogP contribution in [0, 0.1) is 0 Å². The maximum absolute atomic E-state index is 10.3. The number of piperazine rings is 1. The molecule has 0 aliphatic carbocycles. The molecule has 128 valence electrons. The lowest BCUT2D eigenvalue weighted by atomic mass is 10.2. The van der Waals surface area contributed by atoms with E-state index in [0.717, 1.165) is 76.3 Å². The first-order valence-corrected chi connectivity index (χ1v) is 8.80. The van der Waals surface area contributed by atoms with Gasteiger partial charge in [0.2, 0.25) is 0 Å². The van der Waals surface area contributed by atoms with Gasteiger partial charge in [-0.25, -0.2) is 0 Å². The number of halogens is 1. The third kappa shape index (κ3) is 4.81. The molecule has 2 heterocycles. The number of β-amino-alcohol motifs (C(OH)–C–C–N with tert-alkyl or cyclic N) is 1. The van der Waals surface area contributed by atoms with Crippen LogP contribution in [0.3, 0.4) is 0 Å². The highest BCUT2D eigenvalue weighted by molar-refractivity contribution is 6.33. The van der Waals surface area contributed by atoms with Crippen LogP contribution in [0.4, 0.5) is 5.69 Å². The monoisotopic (exact) mass is 339 g/mol. The first-order valence-electron chi connectivity index (χ1n) is 8.42. The summed E-state index contributed by atoms with van der Waals surface area (Å²) in [5.41, 5.74) is 1.11. The van der Waals surface area contributed by atoms with Gasteiger partial charge in [0.25, 0.3) is 0 Å². The minimum Gasteiger partial charge on any atom is -0.390 e. The first-order chi connectivity index (χ1) is 11.2. The van der Waals surface area contributed by atoms with Crippen LogP contribution in [0.25, 0.3) is 0 Å². The third-order valence-electron chi connectivity index (χ3n) is 4.61. The van der Waals surface area contributed by atoms with E-state index in [9.17, 15) is 5.11 Å². The summed E-state index contributed by atoms with van der Waals surface area (Å²) in [6.45, 7) is 8.74. The molecule has 1 atom stereocenters. The molecule has 0 spiro atoms. The number of nitrogens with zero attached hydrogens (tertiary/aromatic N) is 3. The van der Waals surface area contributed by atoms with Crippen molar-refractivity contribution >= 4 is 17.3 Å². The molecule has 2 saturated heterocycles. The Morgan fingerprint density at radius 3 is 2.22 bits per heavy atom. The second-order valence-electron chi connectivity index (χ2n) is 6.31. The van der Waals surface area contributed by atoms with Crippen LogP contribution in [-0.2, 0) is 4.74 Å².